The molecule has 0 aliphatic carbocycles. The summed E-state index contributed by atoms with van der Waals surface area (Å²) in [6.45, 7) is 2.54. The number of fused-ring (bicyclic) bond motifs is 1. The van der Waals surface area contributed by atoms with Crippen LogP contribution in [0.1, 0.15) is 24.7 Å². The molecule has 0 saturated carbocycles. The van der Waals surface area contributed by atoms with Gasteiger partial charge in [0.1, 0.15) is 6.61 Å². The molecule has 0 bridgehead atoms. The smallest absolute Gasteiger partial charge is 0.311 e. The molecular formula is C20H21N7O3. The van der Waals surface area contributed by atoms with Gasteiger partial charge < -0.3 is 9.47 Å². The van der Waals surface area contributed by atoms with Gasteiger partial charge in [-0.2, -0.15) is 4.98 Å². The van der Waals surface area contributed by atoms with Gasteiger partial charge >= 0.3 is 12.0 Å². The van der Waals surface area contributed by atoms with Crippen molar-refractivity contribution in [3.05, 3.63) is 53.9 Å². The molecule has 10 heteroatoms. The van der Waals surface area contributed by atoms with E-state index in [-0.39, 0.29) is 19.0 Å². The molecule has 0 fully saturated rings. The zero-order valence-corrected chi connectivity index (χ0v) is 16.7. The van der Waals surface area contributed by atoms with Crippen molar-refractivity contribution in [3.8, 4) is 12.0 Å². The second-order valence-electron chi connectivity index (χ2n) is 6.63. The molecule has 0 N–H and O–H groups in total. The number of rotatable bonds is 8. The van der Waals surface area contributed by atoms with Crippen molar-refractivity contribution in [2.24, 2.45) is 7.05 Å². The van der Waals surface area contributed by atoms with Crippen molar-refractivity contribution in [1.29, 1.82) is 0 Å². The lowest BCUT2D eigenvalue weighted by molar-refractivity contribution is -0.142. The van der Waals surface area contributed by atoms with Crippen molar-refractivity contribution in [2.45, 2.75) is 26.4 Å². The molecular weight excluding hydrogens is 386 g/mol. The van der Waals surface area contributed by atoms with E-state index >= 15 is 0 Å². The summed E-state index contributed by atoms with van der Waals surface area (Å²) in [5.41, 5.74) is 2.88. The SMILES string of the molecule is CCCOC(=O)Cc1cccc(COc2nc3ccccc3n2-c2nnnn2C)n1. The van der Waals surface area contributed by atoms with Crippen molar-refractivity contribution in [1.82, 2.24) is 34.7 Å². The van der Waals surface area contributed by atoms with Gasteiger partial charge in [0, 0.05) is 7.05 Å². The van der Waals surface area contributed by atoms with Gasteiger partial charge in [0.2, 0.25) is 0 Å². The average molecular weight is 407 g/mol. The third-order valence-electron chi connectivity index (χ3n) is 4.33. The molecule has 0 atom stereocenters. The van der Waals surface area contributed by atoms with Crippen LogP contribution in [-0.2, 0) is 29.6 Å². The number of para-hydroxylation sites is 2. The molecule has 0 amide bonds. The fourth-order valence-corrected chi connectivity index (χ4v) is 2.97. The summed E-state index contributed by atoms with van der Waals surface area (Å²) in [7, 11) is 1.75. The van der Waals surface area contributed by atoms with Crippen LogP contribution in [-0.4, -0.2) is 47.3 Å². The highest BCUT2D eigenvalue weighted by molar-refractivity contribution is 5.78. The predicted molar refractivity (Wildman–Crippen MR) is 107 cm³/mol. The number of aromatic nitrogens is 7. The normalized spacial score (nSPS) is 11.0. The first kappa shape index (κ1) is 19.5. The van der Waals surface area contributed by atoms with Gasteiger partial charge in [0.15, 0.2) is 0 Å². The Morgan fingerprint density at radius 3 is 2.70 bits per heavy atom. The molecule has 30 heavy (non-hydrogen) atoms. The van der Waals surface area contributed by atoms with Crippen molar-refractivity contribution in [3.63, 3.8) is 0 Å². The highest BCUT2D eigenvalue weighted by Crippen LogP contribution is 2.25. The summed E-state index contributed by atoms with van der Waals surface area (Å²) in [4.78, 5) is 20.9. The van der Waals surface area contributed by atoms with E-state index in [1.54, 1.807) is 22.4 Å². The lowest BCUT2D eigenvalue weighted by atomic mass is 10.2. The lowest BCUT2D eigenvalue weighted by Crippen LogP contribution is -2.11. The Morgan fingerprint density at radius 2 is 1.90 bits per heavy atom. The fraction of sp³-hybridized carbons (Fsp3) is 0.300. The van der Waals surface area contributed by atoms with Gasteiger partial charge in [-0.25, -0.2) is 9.25 Å². The van der Waals surface area contributed by atoms with E-state index in [9.17, 15) is 4.79 Å². The molecule has 1 aromatic carbocycles. The Labute approximate surface area is 172 Å². The molecule has 10 nitrogen and oxygen atoms in total. The Bertz CT molecular complexity index is 1170. The quantitative estimate of drug-likeness (QED) is 0.408. The number of tetrazole rings is 1. The molecule has 0 radical (unpaired) electrons. The molecule has 0 spiro atoms. The van der Waals surface area contributed by atoms with E-state index in [1.807, 2.05) is 43.3 Å². The van der Waals surface area contributed by atoms with Gasteiger partial charge in [-0.1, -0.05) is 30.2 Å². The van der Waals surface area contributed by atoms with Crippen LogP contribution in [0, 0.1) is 0 Å². The predicted octanol–water partition coefficient (Wildman–Crippen LogP) is 2.02. The zero-order chi connectivity index (χ0) is 20.9. The summed E-state index contributed by atoms with van der Waals surface area (Å²) in [5, 5.41) is 11.7. The monoisotopic (exact) mass is 407 g/mol. The van der Waals surface area contributed by atoms with Crippen LogP contribution >= 0.6 is 0 Å². The van der Waals surface area contributed by atoms with Crippen LogP contribution in [0.2, 0.25) is 0 Å². The molecule has 0 aliphatic heterocycles. The molecule has 154 valence electrons. The maximum Gasteiger partial charge on any atom is 0.311 e. The zero-order valence-electron chi connectivity index (χ0n) is 16.7. The summed E-state index contributed by atoms with van der Waals surface area (Å²) in [5.74, 6) is 0.193. The van der Waals surface area contributed by atoms with E-state index in [4.69, 9.17) is 9.47 Å². The van der Waals surface area contributed by atoms with Gasteiger partial charge in [0.05, 0.1) is 35.4 Å². The number of pyridine rings is 1. The van der Waals surface area contributed by atoms with Crippen molar-refractivity contribution >= 4 is 17.0 Å². The Balaban J connectivity index is 1.55. The van der Waals surface area contributed by atoms with E-state index in [2.05, 4.69) is 25.5 Å². The van der Waals surface area contributed by atoms with Crippen LogP contribution in [0.15, 0.2) is 42.5 Å². The van der Waals surface area contributed by atoms with Crippen molar-refractivity contribution in [2.75, 3.05) is 6.61 Å². The molecule has 0 unspecified atom stereocenters. The second kappa shape index (κ2) is 8.68. The number of benzene rings is 1. The number of nitrogens with zero attached hydrogens (tertiary/aromatic N) is 7. The summed E-state index contributed by atoms with van der Waals surface area (Å²) >= 11 is 0. The van der Waals surface area contributed by atoms with Crippen LogP contribution in [0.3, 0.4) is 0 Å². The van der Waals surface area contributed by atoms with Crippen molar-refractivity contribution < 1.29 is 14.3 Å². The molecule has 3 heterocycles. The highest BCUT2D eigenvalue weighted by atomic mass is 16.5. The first-order valence-electron chi connectivity index (χ1n) is 9.59. The Kier molecular flexibility index (Phi) is 5.64. The molecule has 3 aromatic heterocycles. The topological polar surface area (TPSA) is 110 Å². The van der Waals surface area contributed by atoms with Crippen LogP contribution in [0.4, 0.5) is 0 Å². The number of hydrogen-bond donors (Lipinski definition) is 0. The van der Waals surface area contributed by atoms with Gasteiger partial charge in [0.25, 0.3) is 5.95 Å². The number of ether oxygens (including phenoxy) is 2. The largest absolute Gasteiger partial charge is 0.465 e. The highest BCUT2D eigenvalue weighted by Gasteiger charge is 2.18. The summed E-state index contributed by atoms with van der Waals surface area (Å²) in [6.07, 6.45) is 0.909. The standard InChI is InChI=1S/C20H21N7O3/c1-3-11-29-18(28)12-14-7-6-8-15(21-14)13-30-20-22-16-9-4-5-10-17(16)27(20)19-23-24-25-26(19)2/h4-10H,3,11-13H2,1-2H3. The van der Waals surface area contributed by atoms with E-state index < -0.39 is 0 Å². The number of hydrogen-bond acceptors (Lipinski definition) is 8. The minimum Gasteiger partial charge on any atom is -0.465 e. The fourth-order valence-electron chi connectivity index (χ4n) is 2.97. The maximum absolute atomic E-state index is 11.8. The minimum atomic E-state index is -0.293. The first-order chi connectivity index (χ1) is 14.7. The molecule has 4 aromatic rings. The van der Waals surface area contributed by atoms with Crippen LogP contribution < -0.4 is 4.74 Å². The number of esters is 1. The lowest BCUT2D eigenvalue weighted by Gasteiger charge is -2.09. The summed E-state index contributed by atoms with van der Waals surface area (Å²) in [6, 6.07) is 13.4. The van der Waals surface area contributed by atoms with Crippen LogP contribution in [0.25, 0.3) is 17.0 Å². The van der Waals surface area contributed by atoms with Gasteiger partial charge in [-0.3, -0.25) is 9.78 Å². The van der Waals surface area contributed by atoms with E-state index in [0.717, 1.165) is 17.5 Å². The maximum atomic E-state index is 11.8. The Morgan fingerprint density at radius 1 is 1.07 bits per heavy atom. The molecule has 4 rings (SSSR count). The van der Waals surface area contributed by atoms with E-state index in [1.165, 1.54) is 0 Å². The number of carbonyl (C=O) groups excluding carboxylic acids is 1. The first-order valence-corrected chi connectivity index (χ1v) is 9.59. The average Bonchev–Trinajstić information content (AvgIpc) is 3.33. The van der Waals surface area contributed by atoms with E-state index in [0.29, 0.717) is 30.0 Å². The third-order valence-corrected chi connectivity index (χ3v) is 4.33. The third kappa shape index (κ3) is 4.12. The Hall–Kier alpha value is -3.82. The minimum absolute atomic E-state index is 0.122. The number of carbonyl (C=O) groups is 1. The number of aryl methyl sites for hydroxylation is 1. The van der Waals surface area contributed by atoms with Gasteiger partial charge in [-0.05, 0) is 41.1 Å². The molecule has 0 aliphatic rings. The van der Waals surface area contributed by atoms with Crippen LogP contribution in [0.5, 0.6) is 6.01 Å². The summed E-state index contributed by atoms with van der Waals surface area (Å²) < 4.78 is 14.4. The second-order valence-corrected chi connectivity index (χ2v) is 6.63. The van der Waals surface area contributed by atoms with Gasteiger partial charge in [-0.15, -0.1) is 0 Å². The molecule has 0 saturated heterocycles. The number of imidazole rings is 1.